The van der Waals surface area contributed by atoms with E-state index < -0.39 is 17.8 Å². The molecule has 0 bridgehead atoms. The normalized spacial score (nSPS) is 13.6. The maximum atomic E-state index is 12.9. The SMILES string of the molecule is CNC(c1ncc[nH]1)c1cnccc1C(F)(F)F. The summed E-state index contributed by atoms with van der Waals surface area (Å²) in [7, 11) is 1.57. The number of H-pyrrole nitrogens is 1. The van der Waals surface area contributed by atoms with Crippen molar-refractivity contribution in [2.75, 3.05) is 7.05 Å². The second-order valence-electron chi connectivity index (χ2n) is 3.66. The number of nitrogens with one attached hydrogen (secondary N) is 2. The van der Waals surface area contributed by atoms with Crippen molar-refractivity contribution in [2.24, 2.45) is 0 Å². The van der Waals surface area contributed by atoms with Gasteiger partial charge in [-0.3, -0.25) is 4.98 Å². The number of pyridine rings is 1. The molecule has 96 valence electrons. The highest BCUT2D eigenvalue weighted by Gasteiger charge is 2.35. The Kier molecular flexibility index (Phi) is 3.33. The van der Waals surface area contributed by atoms with Crippen molar-refractivity contribution in [3.8, 4) is 0 Å². The monoisotopic (exact) mass is 256 g/mol. The van der Waals surface area contributed by atoms with Crippen LogP contribution in [-0.2, 0) is 6.18 Å². The number of hydrogen-bond donors (Lipinski definition) is 2. The quantitative estimate of drug-likeness (QED) is 0.884. The molecule has 1 unspecified atom stereocenters. The number of nitrogens with zero attached hydrogens (tertiary/aromatic N) is 2. The smallest absolute Gasteiger partial charge is 0.347 e. The third-order valence-corrected chi connectivity index (χ3v) is 2.55. The predicted molar refractivity (Wildman–Crippen MR) is 58.7 cm³/mol. The number of hydrogen-bond acceptors (Lipinski definition) is 3. The largest absolute Gasteiger partial charge is 0.416 e. The van der Waals surface area contributed by atoms with Crippen molar-refractivity contribution in [1.29, 1.82) is 0 Å². The van der Waals surface area contributed by atoms with Gasteiger partial charge in [0.25, 0.3) is 0 Å². The van der Waals surface area contributed by atoms with Gasteiger partial charge in [0.1, 0.15) is 5.82 Å². The van der Waals surface area contributed by atoms with Gasteiger partial charge in [-0.1, -0.05) is 0 Å². The van der Waals surface area contributed by atoms with Gasteiger partial charge in [0.15, 0.2) is 0 Å². The van der Waals surface area contributed by atoms with E-state index in [1.54, 1.807) is 13.2 Å². The highest BCUT2D eigenvalue weighted by atomic mass is 19.4. The van der Waals surface area contributed by atoms with Crippen molar-refractivity contribution < 1.29 is 13.2 Å². The summed E-state index contributed by atoms with van der Waals surface area (Å²) in [5.74, 6) is 0.413. The van der Waals surface area contributed by atoms with Crippen LogP contribution in [0.25, 0.3) is 0 Å². The molecule has 0 aliphatic rings. The van der Waals surface area contributed by atoms with Crippen molar-refractivity contribution >= 4 is 0 Å². The molecule has 2 heterocycles. The average molecular weight is 256 g/mol. The molecule has 2 N–H and O–H groups in total. The second-order valence-corrected chi connectivity index (χ2v) is 3.66. The van der Waals surface area contributed by atoms with Crippen LogP contribution in [0.1, 0.15) is 23.0 Å². The van der Waals surface area contributed by atoms with Crippen molar-refractivity contribution in [3.63, 3.8) is 0 Å². The van der Waals surface area contributed by atoms with Gasteiger partial charge < -0.3 is 10.3 Å². The third kappa shape index (κ3) is 2.35. The van der Waals surface area contributed by atoms with Gasteiger partial charge >= 0.3 is 6.18 Å². The first-order valence-corrected chi connectivity index (χ1v) is 5.21. The molecular formula is C11H11F3N4. The number of alkyl halides is 3. The van der Waals surface area contributed by atoms with E-state index in [1.807, 2.05) is 0 Å². The van der Waals surface area contributed by atoms with Crippen molar-refractivity contribution in [2.45, 2.75) is 12.2 Å². The summed E-state index contributed by atoms with van der Waals surface area (Å²) in [6.07, 6.45) is 0.959. The van der Waals surface area contributed by atoms with Gasteiger partial charge in [-0.25, -0.2) is 4.98 Å². The zero-order valence-electron chi connectivity index (χ0n) is 9.49. The average Bonchev–Trinajstić information content (AvgIpc) is 2.83. The molecule has 2 aromatic heterocycles. The Morgan fingerprint density at radius 3 is 2.67 bits per heavy atom. The highest BCUT2D eigenvalue weighted by molar-refractivity contribution is 5.32. The van der Waals surface area contributed by atoms with E-state index in [-0.39, 0.29) is 5.56 Å². The van der Waals surface area contributed by atoms with Gasteiger partial charge in [0.2, 0.25) is 0 Å². The lowest BCUT2D eigenvalue weighted by Crippen LogP contribution is -2.23. The summed E-state index contributed by atoms with van der Waals surface area (Å²) in [6.45, 7) is 0. The van der Waals surface area contributed by atoms with Crippen molar-refractivity contribution in [1.82, 2.24) is 20.3 Å². The zero-order chi connectivity index (χ0) is 13.2. The molecule has 0 saturated carbocycles. The van der Waals surface area contributed by atoms with E-state index in [4.69, 9.17) is 0 Å². The number of rotatable bonds is 3. The molecule has 0 radical (unpaired) electrons. The number of aromatic nitrogens is 3. The Balaban J connectivity index is 2.50. The van der Waals surface area contributed by atoms with Crippen LogP contribution in [0.2, 0.25) is 0 Å². The molecule has 0 spiro atoms. The van der Waals surface area contributed by atoms with Crippen LogP contribution in [0.3, 0.4) is 0 Å². The van der Waals surface area contributed by atoms with E-state index in [0.29, 0.717) is 5.82 Å². The van der Waals surface area contributed by atoms with Crippen LogP contribution < -0.4 is 5.32 Å². The molecule has 2 aromatic rings. The van der Waals surface area contributed by atoms with Crippen molar-refractivity contribution in [3.05, 3.63) is 47.8 Å². The topological polar surface area (TPSA) is 53.6 Å². The first-order chi connectivity index (χ1) is 8.54. The molecule has 1 atom stereocenters. The van der Waals surface area contributed by atoms with E-state index >= 15 is 0 Å². The molecule has 7 heteroatoms. The molecule has 0 fully saturated rings. The molecule has 2 rings (SSSR count). The molecule has 18 heavy (non-hydrogen) atoms. The summed E-state index contributed by atoms with van der Waals surface area (Å²) in [4.78, 5) is 10.5. The Morgan fingerprint density at radius 2 is 2.11 bits per heavy atom. The summed E-state index contributed by atoms with van der Waals surface area (Å²) in [5.41, 5.74) is -0.671. The number of imidazole rings is 1. The fourth-order valence-electron chi connectivity index (χ4n) is 1.77. The molecule has 4 nitrogen and oxygen atoms in total. The fraction of sp³-hybridized carbons (Fsp3) is 0.273. The van der Waals surface area contributed by atoms with Gasteiger partial charge in [0.05, 0.1) is 11.6 Å². The minimum Gasteiger partial charge on any atom is -0.347 e. The van der Waals surface area contributed by atoms with E-state index in [0.717, 1.165) is 12.3 Å². The van der Waals surface area contributed by atoms with Gasteiger partial charge in [-0.05, 0) is 13.1 Å². The van der Waals surface area contributed by atoms with E-state index in [1.165, 1.54) is 12.4 Å². The summed E-state index contributed by atoms with van der Waals surface area (Å²) < 4.78 is 38.7. The Bertz CT molecular complexity index is 507. The molecular weight excluding hydrogens is 245 g/mol. The fourth-order valence-corrected chi connectivity index (χ4v) is 1.77. The van der Waals surface area contributed by atoms with Crippen LogP contribution in [0.15, 0.2) is 30.9 Å². The Labute approximate surface area is 101 Å². The van der Waals surface area contributed by atoms with Gasteiger partial charge in [0, 0.05) is 30.4 Å². The Hall–Kier alpha value is -1.89. The Morgan fingerprint density at radius 1 is 1.33 bits per heavy atom. The highest BCUT2D eigenvalue weighted by Crippen LogP contribution is 2.35. The van der Waals surface area contributed by atoms with Gasteiger partial charge in [-0.15, -0.1) is 0 Å². The molecule has 0 aliphatic carbocycles. The molecule has 0 amide bonds. The maximum Gasteiger partial charge on any atom is 0.416 e. The minimum absolute atomic E-state index is 0.0439. The minimum atomic E-state index is -4.42. The third-order valence-electron chi connectivity index (χ3n) is 2.55. The van der Waals surface area contributed by atoms with Crippen LogP contribution in [-0.4, -0.2) is 22.0 Å². The first kappa shape index (κ1) is 12.6. The van der Waals surface area contributed by atoms with Crippen LogP contribution >= 0.6 is 0 Å². The van der Waals surface area contributed by atoms with E-state index in [2.05, 4.69) is 20.3 Å². The summed E-state index contributed by atoms with van der Waals surface area (Å²) in [6, 6.07) is 0.285. The second kappa shape index (κ2) is 4.77. The summed E-state index contributed by atoms with van der Waals surface area (Å²) >= 11 is 0. The zero-order valence-corrected chi connectivity index (χ0v) is 9.49. The lowest BCUT2D eigenvalue weighted by Gasteiger charge is -2.19. The number of aromatic amines is 1. The van der Waals surface area contributed by atoms with Crippen LogP contribution in [0.5, 0.6) is 0 Å². The first-order valence-electron chi connectivity index (χ1n) is 5.21. The summed E-state index contributed by atoms with van der Waals surface area (Å²) in [5, 5.41) is 2.80. The van der Waals surface area contributed by atoms with Gasteiger partial charge in [-0.2, -0.15) is 13.2 Å². The standard InChI is InChI=1S/C11H11F3N4/c1-15-9(10-17-4-5-18-10)7-6-16-3-2-8(7)11(12,13)14/h2-6,9,15H,1H3,(H,17,18). The maximum absolute atomic E-state index is 12.9. The lowest BCUT2D eigenvalue weighted by molar-refractivity contribution is -0.138. The lowest BCUT2D eigenvalue weighted by atomic mass is 10.0. The predicted octanol–water partition coefficient (Wildman–Crippen LogP) is 2.13. The molecule has 0 saturated heterocycles. The van der Waals surface area contributed by atoms with Crippen LogP contribution in [0.4, 0.5) is 13.2 Å². The van der Waals surface area contributed by atoms with Crippen LogP contribution in [0, 0.1) is 0 Å². The van der Waals surface area contributed by atoms with E-state index in [9.17, 15) is 13.2 Å². The number of halogens is 3. The molecule has 0 aliphatic heterocycles. The molecule has 0 aromatic carbocycles.